The molecule has 0 aliphatic carbocycles. The van der Waals surface area contributed by atoms with E-state index in [-0.39, 0.29) is 12.0 Å². The van der Waals surface area contributed by atoms with Crippen LogP contribution in [-0.4, -0.2) is 28.5 Å². The molecule has 0 N–H and O–H groups in total. The van der Waals surface area contributed by atoms with E-state index in [0.717, 1.165) is 27.7 Å². The molecule has 3 heterocycles. The number of hydrogen-bond donors (Lipinski definition) is 0. The second-order valence-corrected chi connectivity index (χ2v) is 7.09. The van der Waals surface area contributed by atoms with E-state index >= 15 is 0 Å². The van der Waals surface area contributed by atoms with Crippen LogP contribution >= 0.6 is 11.3 Å². The third-order valence-electron chi connectivity index (χ3n) is 4.02. The molecule has 0 bridgehead atoms. The van der Waals surface area contributed by atoms with Crippen molar-refractivity contribution in [2.24, 2.45) is 0 Å². The molecule has 5 nitrogen and oxygen atoms in total. The van der Waals surface area contributed by atoms with Gasteiger partial charge in [0.25, 0.3) is 5.91 Å². The first-order valence-electron chi connectivity index (χ1n) is 8.08. The molecule has 1 atom stereocenters. The summed E-state index contributed by atoms with van der Waals surface area (Å²) in [5.41, 5.74) is 2.68. The van der Waals surface area contributed by atoms with E-state index in [1.54, 1.807) is 17.3 Å². The number of hydrogen-bond acceptors (Lipinski definition) is 5. The summed E-state index contributed by atoms with van der Waals surface area (Å²) < 4.78 is 5.86. The summed E-state index contributed by atoms with van der Waals surface area (Å²) in [5.74, 6) is 0.689. The molecular weight excluding hydrogens is 334 g/mol. The van der Waals surface area contributed by atoms with E-state index in [9.17, 15) is 4.79 Å². The highest BCUT2D eigenvalue weighted by Gasteiger charge is 2.29. The van der Waals surface area contributed by atoms with Crippen LogP contribution in [0.4, 0.5) is 5.69 Å². The molecule has 1 aromatic carbocycles. The maximum Gasteiger partial charge on any atom is 0.270 e. The Balaban J connectivity index is 1.68. The van der Waals surface area contributed by atoms with Crippen molar-refractivity contribution in [1.82, 2.24) is 9.97 Å². The molecule has 25 heavy (non-hydrogen) atoms. The van der Waals surface area contributed by atoms with Crippen LogP contribution in [0.3, 0.4) is 0 Å². The molecule has 2 aromatic heterocycles. The number of rotatable bonds is 2. The summed E-state index contributed by atoms with van der Waals surface area (Å²) in [5, 5.41) is 0.745. The van der Waals surface area contributed by atoms with Gasteiger partial charge in [0.05, 0.1) is 24.1 Å². The van der Waals surface area contributed by atoms with Crippen LogP contribution in [-0.2, 0) is 0 Å². The van der Waals surface area contributed by atoms with Crippen LogP contribution in [0.5, 0.6) is 5.75 Å². The van der Waals surface area contributed by atoms with Gasteiger partial charge in [0.2, 0.25) is 0 Å². The fraction of sp³-hybridized carbons (Fsp3) is 0.211. The minimum Gasteiger partial charge on any atom is -0.487 e. The molecule has 0 radical (unpaired) electrons. The van der Waals surface area contributed by atoms with E-state index < -0.39 is 0 Å². The lowest BCUT2D eigenvalue weighted by Crippen LogP contribution is -2.42. The summed E-state index contributed by atoms with van der Waals surface area (Å²) >= 11 is 1.36. The molecule has 1 aliphatic heterocycles. The van der Waals surface area contributed by atoms with Crippen LogP contribution in [0.2, 0.25) is 0 Å². The lowest BCUT2D eigenvalue weighted by Gasteiger charge is -2.33. The molecule has 4 rings (SSSR count). The van der Waals surface area contributed by atoms with Crippen molar-refractivity contribution in [1.29, 1.82) is 0 Å². The van der Waals surface area contributed by atoms with Crippen molar-refractivity contribution in [3.63, 3.8) is 0 Å². The van der Waals surface area contributed by atoms with E-state index in [1.807, 2.05) is 50.2 Å². The molecule has 3 aromatic rings. The van der Waals surface area contributed by atoms with Gasteiger partial charge in [0.15, 0.2) is 0 Å². The van der Waals surface area contributed by atoms with Crippen molar-refractivity contribution in [3.05, 3.63) is 59.2 Å². The third-order valence-corrected chi connectivity index (χ3v) is 5.03. The first-order valence-corrected chi connectivity index (χ1v) is 8.90. The molecule has 126 valence electrons. The Morgan fingerprint density at radius 3 is 2.96 bits per heavy atom. The fourth-order valence-corrected chi connectivity index (χ4v) is 3.70. The zero-order chi connectivity index (χ0) is 17.4. The monoisotopic (exact) mass is 351 g/mol. The molecule has 0 fully saturated rings. The number of thiazole rings is 1. The normalized spacial score (nSPS) is 16.2. The quantitative estimate of drug-likeness (QED) is 0.702. The van der Waals surface area contributed by atoms with Gasteiger partial charge in [-0.15, -0.1) is 11.3 Å². The van der Waals surface area contributed by atoms with Crippen LogP contribution < -0.4 is 9.64 Å². The van der Waals surface area contributed by atoms with E-state index in [2.05, 4.69) is 9.97 Å². The second kappa shape index (κ2) is 6.29. The number of ether oxygens (including phenoxy) is 1. The Kier molecular flexibility index (Phi) is 3.97. The molecule has 0 saturated carbocycles. The molecule has 0 unspecified atom stereocenters. The number of pyridine rings is 1. The van der Waals surface area contributed by atoms with Crippen molar-refractivity contribution in [2.45, 2.75) is 20.0 Å². The highest BCUT2D eigenvalue weighted by Crippen LogP contribution is 2.36. The Hall–Kier alpha value is -2.73. The summed E-state index contributed by atoms with van der Waals surface area (Å²) in [6, 6.07) is 11.6. The minimum atomic E-state index is -0.0540. The zero-order valence-corrected chi connectivity index (χ0v) is 14.8. The summed E-state index contributed by atoms with van der Waals surface area (Å²) in [4.78, 5) is 24.1. The first kappa shape index (κ1) is 15.8. The number of carbonyl (C=O) groups excluding carboxylic acids is 1. The molecule has 0 spiro atoms. The standard InChI is InChI=1S/C19H17N3O2S/c1-12-6-7-16-15(9-12)22(11-13(2)24-16)19(23)17-10-21-18(25-17)14-5-3-4-8-20-14/h3-10,13H,11H2,1-2H3/t13-/m1/s1. The zero-order valence-electron chi connectivity index (χ0n) is 14.0. The number of nitrogens with zero attached hydrogens (tertiary/aromatic N) is 3. The average molecular weight is 351 g/mol. The maximum atomic E-state index is 13.1. The van der Waals surface area contributed by atoms with Crippen molar-refractivity contribution in [3.8, 4) is 16.5 Å². The van der Waals surface area contributed by atoms with Crippen LogP contribution in [0.15, 0.2) is 48.8 Å². The van der Waals surface area contributed by atoms with Gasteiger partial charge < -0.3 is 9.64 Å². The third kappa shape index (κ3) is 3.00. The second-order valence-electron chi connectivity index (χ2n) is 6.06. The molecular formula is C19H17N3O2S. The first-order chi connectivity index (χ1) is 12.1. The van der Waals surface area contributed by atoms with Crippen LogP contribution in [0.25, 0.3) is 10.7 Å². The lowest BCUT2D eigenvalue weighted by molar-refractivity contribution is 0.0965. The average Bonchev–Trinajstić information content (AvgIpc) is 3.12. The van der Waals surface area contributed by atoms with Crippen molar-refractivity contribution >= 4 is 22.9 Å². The SMILES string of the molecule is Cc1ccc2c(c1)N(C(=O)c1cnc(-c3ccccn3)s1)C[C@@H](C)O2. The molecule has 1 aliphatic rings. The number of fused-ring (bicyclic) bond motifs is 1. The van der Waals surface area contributed by atoms with Crippen LogP contribution in [0, 0.1) is 6.92 Å². The molecule has 1 amide bonds. The molecule has 6 heteroatoms. The number of aryl methyl sites for hydroxylation is 1. The van der Waals surface area contributed by atoms with E-state index in [1.165, 1.54) is 11.3 Å². The van der Waals surface area contributed by atoms with Crippen molar-refractivity contribution in [2.75, 3.05) is 11.4 Å². The topological polar surface area (TPSA) is 55.3 Å². The Morgan fingerprint density at radius 1 is 1.28 bits per heavy atom. The van der Waals surface area contributed by atoms with E-state index in [0.29, 0.717) is 11.4 Å². The minimum absolute atomic E-state index is 0.0534. The van der Waals surface area contributed by atoms with Gasteiger partial charge in [0, 0.05) is 6.20 Å². The Bertz CT molecular complexity index is 923. The predicted octanol–water partition coefficient (Wildman–Crippen LogP) is 3.94. The van der Waals surface area contributed by atoms with E-state index in [4.69, 9.17) is 4.74 Å². The molecule has 0 saturated heterocycles. The Morgan fingerprint density at radius 2 is 2.16 bits per heavy atom. The van der Waals surface area contributed by atoms with Gasteiger partial charge in [-0.1, -0.05) is 12.1 Å². The number of amides is 1. The van der Waals surface area contributed by atoms with Gasteiger partial charge in [0.1, 0.15) is 21.7 Å². The predicted molar refractivity (Wildman–Crippen MR) is 98.3 cm³/mol. The lowest BCUT2D eigenvalue weighted by atomic mass is 10.1. The summed E-state index contributed by atoms with van der Waals surface area (Å²) in [6.45, 7) is 4.49. The highest BCUT2D eigenvalue weighted by molar-refractivity contribution is 7.17. The maximum absolute atomic E-state index is 13.1. The van der Waals surface area contributed by atoms with Gasteiger partial charge in [-0.2, -0.15) is 0 Å². The Labute approximate surface area is 149 Å². The van der Waals surface area contributed by atoms with Gasteiger partial charge >= 0.3 is 0 Å². The number of aromatic nitrogens is 2. The number of carbonyl (C=O) groups is 1. The van der Waals surface area contributed by atoms with Crippen molar-refractivity contribution < 1.29 is 9.53 Å². The van der Waals surface area contributed by atoms with Crippen LogP contribution in [0.1, 0.15) is 22.2 Å². The van der Waals surface area contributed by atoms with Gasteiger partial charge in [-0.05, 0) is 43.7 Å². The fourth-order valence-electron chi connectivity index (χ4n) is 2.85. The number of benzene rings is 1. The highest BCUT2D eigenvalue weighted by atomic mass is 32.1. The largest absolute Gasteiger partial charge is 0.487 e. The summed E-state index contributed by atoms with van der Waals surface area (Å²) in [6.07, 6.45) is 3.30. The van der Waals surface area contributed by atoms with Gasteiger partial charge in [-0.3, -0.25) is 9.78 Å². The summed E-state index contributed by atoms with van der Waals surface area (Å²) in [7, 11) is 0. The number of anilines is 1. The van der Waals surface area contributed by atoms with Gasteiger partial charge in [-0.25, -0.2) is 4.98 Å². The smallest absolute Gasteiger partial charge is 0.270 e.